The van der Waals surface area contributed by atoms with Gasteiger partial charge < -0.3 is 4.43 Å². The summed E-state index contributed by atoms with van der Waals surface area (Å²) in [6, 6.07) is 0. The number of hydrogen-bond acceptors (Lipinski definition) is 7. The summed E-state index contributed by atoms with van der Waals surface area (Å²) >= 11 is 0. The van der Waals surface area contributed by atoms with Gasteiger partial charge in [-0.25, -0.2) is 14.7 Å². The van der Waals surface area contributed by atoms with Gasteiger partial charge in [0.25, 0.3) is 0 Å². The van der Waals surface area contributed by atoms with Gasteiger partial charge in [-0.1, -0.05) is 18.2 Å². The molecule has 0 aromatic rings. The van der Waals surface area contributed by atoms with Crippen molar-refractivity contribution in [2.75, 3.05) is 27.9 Å². The summed E-state index contributed by atoms with van der Waals surface area (Å²) in [5.41, 5.74) is 0.911. The Morgan fingerprint density at radius 3 is 1.78 bits per heavy atom. The van der Waals surface area contributed by atoms with E-state index in [4.69, 9.17) is 18.2 Å². The Labute approximate surface area is 108 Å². The third-order valence-electron chi connectivity index (χ3n) is 1.72. The Bertz CT molecular complexity index is 250. The largest absolute Gasteiger partial charge is 0.764 e. The van der Waals surface area contributed by atoms with Crippen molar-refractivity contribution in [3.63, 3.8) is 0 Å². The molecule has 0 unspecified atom stereocenters. The van der Waals surface area contributed by atoms with E-state index in [1.165, 1.54) is 21.3 Å². The predicted octanol–water partition coefficient (Wildman–Crippen LogP) is 1.70. The maximum atomic E-state index is 5.43. The van der Waals surface area contributed by atoms with Gasteiger partial charge in [0, 0.05) is 0 Å². The van der Waals surface area contributed by atoms with Crippen molar-refractivity contribution in [3.8, 4) is 0 Å². The molecule has 106 valence electrons. The van der Waals surface area contributed by atoms with Crippen LogP contribution in [0.1, 0.15) is 13.8 Å². The van der Waals surface area contributed by atoms with Crippen molar-refractivity contribution in [2.24, 2.45) is 0 Å². The van der Waals surface area contributed by atoms with Crippen LogP contribution in [-0.4, -0.2) is 37.0 Å². The van der Waals surface area contributed by atoms with Crippen LogP contribution >= 0.6 is 0 Å². The van der Waals surface area contributed by atoms with E-state index >= 15 is 0 Å². The van der Waals surface area contributed by atoms with Crippen LogP contribution in [0.15, 0.2) is 23.8 Å². The molecular weight excluding hydrogens is 260 g/mol. The molecule has 0 aromatic heterocycles. The zero-order chi connectivity index (χ0) is 13.9. The van der Waals surface area contributed by atoms with Crippen LogP contribution in [0.4, 0.5) is 0 Å². The fraction of sp³-hybridized carbons (Fsp3) is 0.600. The second-order valence-corrected chi connectivity index (χ2v) is 4.69. The number of allylic oxidation sites excluding steroid dienone is 2. The predicted molar refractivity (Wildman–Crippen MR) is 64.6 cm³/mol. The lowest BCUT2D eigenvalue weighted by molar-refractivity contribution is -0.370. The molecular formula is C10H20O7Si. The molecule has 0 spiro atoms. The highest BCUT2D eigenvalue weighted by atomic mass is 28.4. The SMILES string of the molecule is CC=CC(=CC)CO[Si](OOC)(OOC)OOC. The maximum absolute atomic E-state index is 5.43. The summed E-state index contributed by atoms with van der Waals surface area (Å²) in [5, 5.41) is 0. The highest BCUT2D eigenvalue weighted by molar-refractivity contribution is 6.52. The Kier molecular flexibility index (Phi) is 10.0. The zero-order valence-electron chi connectivity index (χ0n) is 11.3. The molecule has 0 saturated carbocycles. The van der Waals surface area contributed by atoms with E-state index in [9.17, 15) is 0 Å². The maximum Gasteiger partial charge on any atom is 0.764 e. The lowest BCUT2D eigenvalue weighted by Crippen LogP contribution is -2.49. The zero-order valence-corrected chi connectivity index (χ0v) is 12.3. The average molecular weight is 280 g/mol. The van der Waals surface area contributed by atoms with Gasteiger partial charge in [0.2, 0.25) is 0 Å². The highest BCUT2D eigenvalue weighted by Gasteiger charge is 2.52. The minimum Gasteiger partial charge on any atom is -0.343 e. The van der Waals surface area contributed by atoms with Gasteiger partial charge in [-0.05, 0) is 19.4 Å². The van der Waals surface area contributed by atoms with Gasteiger partial charge in [0.15, 0.2) is 0 Å². The molecule has 0 N–H and O–H groups in total. The van der Waals surface area contributed by atoms with Crippen LogP contribution in [0, 0.1) is 0 Å². The van der Waals surface area contributed by atoms with Crippen LogP contribution in [-0.2, 0) is 32.8 Å². The van der Waals surface area contributed by atoms with Crippen molar-refractivity contribution in [2.45, 2.75) is 13.8 Å². The second kappa shape index (κ2) is 10.3. The molecule has 0 fully saturated rings. The molecule has 0 atom stereocenters. The minimum atomic E-state index is -3.64. The Morgan fingerprint density at radius 2 is 1.44 bits per heavy atom. The van der Waals surface area contributed by atoms with E-state index < -0.39 is 9.05 Å². The third kappa shape index (κ3) is 6.38. The molecule has 0 bridgehead atoms. The molecule has 8 heteroatoms. The van der Waals surface area contributed by atoms with Crippen molar-refractivity contribution < 1.29 is 32.8 Å². The molecule has 0 heterocycles. The van der Waals surface area contributed by atoms with Gasteiger partial charge in [-0.15, -0.1) is 0 Å². The summed E-state index contributed by atoms with van der Waals surface area (Å²) in [4.78, 5) is 13.6. The first-order valence-electron chi connectivity index (χ1n) is 5.25. The fourth-order valence-corrected chi connectivity index (χ4v) is 2.22. The number of rotatable bonds is 10. The first-order valence-corrected chi connectivity index (χ1v) is 6.88. The molecule has 0 saturated heterocycles. The van der Waals surface area contributed by atoms with Crippen molar-refractivity contribution in [1.82, 2.24) is 0 Å². The molecule has 0 rings (SSSR count). The Hall–Kier alpha value is -0.583. The van der Waals surface area contributed by atoms with Crippen LogP contribution in [0.25, 0.3) is 0 Å². The monoisotopic (exact) mass is 280 g/mol. The molecule has 0 aromatic carbocycles. The fourth-order valence-electron chi connectivity index (χ4n) is 1.03. The van der Waals surface area contributed by atoms with E-state index in [0.29, 0.717) is 0 Å². The van der Waals surface area contributed by atoms with E-state index in [1.54, 1.807) is 0 Å². The highest BCUT2D eigenvalue weighted by Crippen LogP contribution is 2.14. The summed E-state index contributed by atoms with van der Waals surface area (Å²) in [5.74, 6) is 0. The van der Waals surface area contributed by atoms with Crippen molar-refractivity contribution >= 4 is 9.05 Å². The standard InChI is InChI=1S/C10H20O7Si/c1-6-8-10(7-2)9-14-18(15-11-3,16-12-4)17-13-5/h6-8H,9H2,1-5H3. The lowest BCUT2D eigenvalue weighted by Gasteiger charge is -2.22. The topological polar surface area (TPSA) is 64.6 Å². The molecule has 0 amide bonds. The first-order chi connectivity index (χ1) is 8.67. The van der Waals surface area contributed by atoms with E-state index in [2.05, 4.69) is 14.7 Å². The average Bonchev–Trinajstić information content (AvgIpc) is 2.35. The normalized spacial score (nSPS) is 13.5. The molecule has 0 aliphatic heterocycles. The lowest BCUT2D eigenvalue weighted by atomic mass is 10.2. The molecule has 7 nitrogen and oxygen atoms in total. The van der Waals surface area contributed by atoms with Crippen LogP contribution in [0.2, 0.25) is 0 Å². The van der Waals surface area contributed by atoms with Crippen LogP contribution in [0.3, 0.4) is 0 Å². The molecule has 0 aliphatic rings. The van der Waals surface area contributed by atoms with Crippen LogP contribution < -0.4 is 0 Å². The van der Waals surface area contributed by atoms with Gasteiger partial charge >= 0.3 is 9.05 Å². The number of hydrogen-bond donors (Lipinski definition) is 0. The van der Waals surface area contributed by atoms with Crippen molar-refractivity contribution in [1.29, 1.82) is 0 Å². The summed E-state index contributed by atoms with van der Waals surface area (Å²) in [6.45, 7) is 3.98. The summed E-state index contributed by atoms with van der Waals surface area (Å²) in [7, 11) is 0.247. The summed E-state index contributed by atoms with van der Waals surface area (Å²) < 4.78 is 20.0. The van der Waals surface area contributed by atoms with E-state index in [1.807, 2.05) is 32.1 Å². The molecule has 0 radical (unpaired) electrons. The molecule has 0 aliphatic carbocycles. The van der Waals surface area contributed by atoms with E-state index in [0.717, 1.165) is 5.57 Å². The smallest absolute Gasteiger partial charge is 0.343 e. The quantitative estimate of drug-likeness (QED) is 0.261. The third-order valence-corrected chi connectivity index (χ3v) is 3.33. The van der Waals surface area contributed by atoms with Gasteiger partial charge in [-0.3, -0.25) is 0 Å². The van der Waals surface area contributed by atoms with Gasteiger partial charge in [-0.2, -0.15) is 13.7 Å². The van der Waals surface area contributed by atoms with Gasteiger partial charge in [0.1, 0.15) is 0 Å². The van der Waals surface area contributed by atoms with Gasteiger partial charge in [0.05, 0.1) is 27.9 Å². The Balaban J connectivity index is 4.64. The molecule has 18 heavy (non-hydrogen) atoms. The summed E-state index contributed by atoms with van der Waals surface area (Å²) in [6.07, 6.45) is 5.64. The van der Waals surface area contributed by atoms with Crippen LogP contribution in [0.5, 0.6) is 0 Å². The first kappa shape index (κ1) is 17.4. The van der Waals surface area contributed by atoms with Crippen molar-refractivity contribution in [3.05, 3.63) is 23.8 Å². The van der Waals surface area contributed by atoms with E-state index in [-0.39, 0.29) is 6.61 Å². The minimum absolute atomic E-state index is 0.198. The Morgan fingerprint density at radius 1 is 0.944 bits per heavy atom. The second-order valence-electron chi connectivity index (χ2n) is 2.90.